The number of rotatable bonds is 3. The number of aromatic hydroxyl groups is 1. The molecule has 2 aromatic heterocycles. The molecule has 2 bridgehead atoms. The number of alkyl halides is 1. The van der Waals surface area contributed by atoms with Crippen LogP contribution in [0.5, 0.6) is 5.75 Å². The van der Waals surface area contributed by atoms with Crippen LogP contribution >= 0.6 is 0 Å². The second kappa shape index (κ2) is 6.88. The van der Waals surface area contributed by atoms with Crippen molar-refractivity contribution in [1.29, 1.82) is 0 Å². The van der Waals surface area contributed by atoms with Gasteiger partial charge in [0.25, 0.3) is 0 Å². The Kier molecular flexibility index (Phi) is 4.31. The lowest BCUT2D eigenvalue weighted by molar-refractivity contribution is 0.176. The van der Waals surface area contributed by atoms with E-state index in [1.165, 1.54) is 36.9 Å². The number of fused-ring (bicyclic) bond motifs is 3. The first-order chi connectivity index (χ1) is 14.0. The number of benzene rings is 1. The molecule has 0 amide bonds. The van der Waals surface area contributed by atoms with Crippen LogP contribution in [0.3, 0.4) is 0 Å². The minimum absolute atomic E-state index is 0.0938. The number of pyridine rings is 1. The van der Waals surface area contributed by atoms with Crippen molar-refractivity contribution >= 4 is 16.6 Å². The third kappa shape index (κ3) is 2.98. The van der Waals surface area contributed by atoms with Crippen molar-refractivity contribution in [2.24, 2.45) is 0 Å². The van der Waals surface area contributed by atoms with E-state index >= 15 is 0 Å². The zero-order chi connectivity index (χ0) is 20.1. The Bertz CT molecular complexity index is 1060. The van der Waals surface area contributed by atoms with Gasteiger partial charge in [-0.1, -0.05) is 0 Å². The summed E-state index contributed by atoms with van der Waals surface area (Å²) in [6.45, 7) is 0. The van der Waals surface area contributed by atoms with Crippen molar-refractivity contribution in [2.45, 2.75) is 43.6 Å². The Morgan fingerprint density at radius 2 is 2.03 bits per heavy atom. The van der Waals surface area contributed by atoms with E-state index < -0.39 is 12.0 Å². The van der Waals surface area contributed by atoms with Gasteiger partial charge in [0.1, 0.15) is 23.6 Å². The van der Waals surface area contributed by atoms with Crippen LogP contribution in [0, 0.1) is 5.82 Å². The van der Waals surface area contributed by atoms with Crippen molar-refractivity contribution < 1.29 is 13.9 Å². The van der Waals surface area contributed by atoms with Crippen LogP contribution in [-0.2, 0) is 0 Å². The summed E-state index contributed by atoms with van der Waals surface area (Å²) in [6.07, 6.45) is 7.53. The summed E-state index contributed by atoms with van der Waals surface area (Å²) in [5, 5.41) is 14.5. The number of nitrogens with zero attached hydrogens (tertiary/aromatic N) is 4. The molecule has 2 aliphatic rings. The molecular formula is C21H21F2N5O. The van der Waals surface area contributed by atoms with Crippen LogP contribution in [0.2, 0.25) is 0 Å². The maximum atomic E-state index is 14.8. The number of nitrogens with one attached hydrogen (secondary N) is 1. The predicted molar refractivity (Wildman–Crippen MR) is 106 cm³/mol. The first kappa shape index (κ1) is 18.2. The van der Waals surface area contributed by atoms with E-state index in [1.807, 2.05) is 11.9 Å². The van der Waals surface area contributed by atoms with Crippen molar-refractivity contribution in [1.82, 2.24) is 20.3 Å². The first-order valence-corrected chi connectivity index (χ1v) is 9.73. The molecule has 150 valence electrons. The predicted octanol–water partition coefficient (Wildman–Crippen LogP) is 3.20. The summed E-state index contributed by atoms with van der Waals surface area (Å²) >= 11 is 0. The van der Waals surface area contributed by atoms with Crippen molar-refractivity contribution in [2.75, 3.05) is 11.9 Å². The zero-order valence-corrected chi connectivity index (χ0v) is 15.9. The molecule has 6 nitrogen and oxygen atoms in total. The molecule has 2 unspecified atom stereocenters. The van der Waals surface area contributed by atoms with Crippen LogP contribution in [-0.4, -0.2) is 51.4 Å². The highest BCUT2D eigenvalue weighted by Gasteiger charge is 2.43. The molecule has 2 N–H and O–H groups in total. The fourth-order valence-corrected chi connectivity index (χ4v) is 4.57. The van der Waals surface area contributed by atoms with E-state index in [0.29, 0.717) is 28.3 Å². The summed E-state index contributed by atoms with van der Waals surface area (Å²) in [6, 6.07) is 2.74. The highest BCUT2D eigenvalue weighted by Crippen LogP contribution is 2.37. The molecule has 2 saturated heterocycles. The van der Waals surface area contributed by atoms with Crippen molar-refractivity contribution in [3.63, 3.8) is 0 Å². The van der Waals surface area contributed by atoms with E-state index in [4.69, 9.17) is 0 Å². The maximum absolute atomic E-state index is 14.8. The summed E-state index contributed by atoms with van der Waals surface area (Å²) in [4.78, 5) is 14.6. The molecule has 0 saturated carbocycles. The van der Waals surface area contributed by atoms with Crippen LogP contribution in [0.4, 0.5) is 14.6 Å². The second-order valence-electron chi connectivity index (χ2n) is 7.84. The van der Waals surface area contributed by atoms with Gasteiger partial charge < -0.3 is 15.3 Å². The number of halogens is 2. The van der Waals surface area contributed by atoms with Gasteiger partial charge in [-0.25, -0.2) is 13.8 Å². The normalized spacial score (nSPS) is 26.0. The second-order valence-corrected chi connectivity index (χ2v) is 7.84. The zero-order valence-electron chi connectivity index (χ0n) is 15.9. The quantitative estimate of drug-likeness (QED) is 0.707. The Morgan fingerprint density at radius 3 is 2.83 bits per heavy atom. The van der Waals surface area contributed by atoms with Gasteiger partial charge in [0, 0.05) is 47.9 Å². The minimum Gasteiger partial charge on any atom is -0.507 e. The van der Waals surface area contributed by atoms with Crippen LogP contribution in [0.1, 0.15) is 19.3 Å². The van der Waals surface area contributed by atoms with E-state index in [-0.39, 0.29) is 23.4 Å². The molecule has 1 aromatic carbocycles. The Labute approximate surface area is 166 Å². The van der Waals surface area contributed by atoms with Gasteiger partial charge in [-0.3, -0.25) is 9.97 Å². The number of aromatic nitrogens is 3. The van der Waals surface area contributed by atoms with E-state index in [0.717, 1.165) is 19.3 Å². The van der Waals surface area contributed by atoms with E-state index in [1.54, 1.807) is 0 Å². The lowest BCUT2D eigenvalue weighted by Crippen LogP contribution is -2.55. The smallest absolute Gasteiger partial charge is 0.147 e. The first-order valence-electron chi connectivity index (χ1n) is 9.73. The maximum Gasteiger partial charge on any atom is 0.147 e. The number of phenols is 1. The van der Waals surface area contributed by atoms with Crippen LogP contribution in [0.15, 0.2) is 36.9 Å². The van der Waals surface area contributed by atoms with Gasteiger partial charge in [0.2, 0.25) is 0 Å². The average molecular weight is 397 g/mol. The molecule has 0 aliphatic carbocycles. The number of phenolic OH excluding ortho intramolecular Hbond substituents is 1. The van der Waals surface area contributed by atoms with Gasteiger partial charge in [-0.05, 0) is 31.4 Å². The molecule has 3 aromatic rings. The Hall–Kier alpha value is -2.87. The number of hydrogen-bond acceptors (Lipinski definition) is 6. The van der Waals surface area contributed by atoms with Gasteiger partial charge in [0.15, 0.2) is 0 Å². The van der Waals surface area contributed by atoms with Gasteiger partial charge in [-0.2, -0.15) is 0 Å². The third-order valence-corrected chi connectivity index (χ3v) is 6.19. The molecule has 0 radical (unpaired) electrons. The fraction of sp³-hybridized carbons (Fsp3) is 0.381. The average Bonchev–Trinajstić information content (AvgIpc) is 3.16. The fourth-order valence-electron chi connectivity index (χ4n) is 4.57. The number of piperidine rings is 1. The molecule has 0 spiro atoms. The standard InChI is InChI=1S/C21H21F2N5O/c1-28(18-6-11-2-3-16(27-11)20(18)23)19-10-25-17(9-26-19)13-7-15(22)12-4-5-24-8-14(12)21(13)29/h4-5,7-11,16,18,20,27,29H,2-3,6H2,1H3/t11?,16?,18-,20+/m1/s1. The topological polar surface area (TPSA) is 74.2 Å². The third-order valence-electron chi connectivity index (χ3n) is 6.19. The molecule has 4 heterocycles. The van der Waals surface area contributed by atoms with Gasteiger partial charge >= 0.3 is 0 Å². The molecular weight excluding hydrogens is 376 g/mol. The molecule has 2 fully saturated rings. The number of hydrogen-bond donors (Lipinski definition) is 2. The lowest BCUT2D eigenvalue weighted by atomic mass is 9.96. The molecule has 5 rings (SSSR count). The largest absolute Gasteiger partial charge is 0.507 e. The SMILES string of the molecule is CN(c1cnc(-c2cc(F)c3ccncc3c2O)cn1)[C@@H]1CC2CCC(N2)[C@@H]1F. The summed E-state index contributed by atoms with van der Waals surface area (Å²) in [5.74, 6) is -0.0163. The summed E-state index contributed by atoms with van der Waals surface area (Å²) in [5.41, 5.74) is 0.583. The summed E-state index contributed by atoms with van der Waals surface area (Å²) in [7, 11) is 1.82. The lowest BCUT2D eigenvalue weighted by Gasteiger charge is -2.38. The van der Waals surface area contributed by atoms with Gasteiger partial charge in [-0.15, -0.1) is 0 Å². The van der Waals surface area contributed by atoms with Gasteiger partial charge in [0.05, 0.1) is 24.1 Å². The Balaban J connectivity index is 1.45. The summed E-state index contributed by atoms with van der Waals surface area (Å²) < 4.78 is 29.3. The molecule has 8 heteroatoms. The minimum atomic E-state index is -0.966. The van der Waals surface area contributed by atoms with E-state index in [2.05, 4.69) is 20.3 Å². The van der Waals surface area contributed by atoms with Crippen molar-refractivity contribution in [3.8, 4) is 17.0 Å². The molecule has 4 atom stereocenters. The van der Waals surface area contributed by atoms with Crippen molar-refractivity contribution in [3.05, 3.63) is 42.7 Å². The van der Waals surface area contributed by atoms with E-state index in [9.17, 15) is 13.9 Å². The number of anilines is 1. The van der Waals surface area contributed by atoms with Crippen LogP contribution < -0.4 is 10.2 Å². The highest BCUT2D eigenvalue weighted by molar-refractivity contribution is 5.94. The molecule has 29 heavy (non-hydrogen) atoms. The Morgan fingerprint density at radius 1 is 1.17 bits per heavy atom. The highest BCUT2D eigenvalue weighted by atomic mass is 19.1. The monoisotopic (exact) mass is 397 g/mol. The van der Waals surface area contributed by atoms with Crippen LogP contribution in [0.25, 0.3) is 22.0 Å². The molecule has 2 aliphatic heterocycles.